The van der Waals surface area contributed by atoms with Crippen molar-refractivity contribution in [3.05, 3.63) is 35.1 Å². The van der Waals surface area contributed by atoms with Gasteiger partial charge in [0, 0.05) is 6.04 Å². The third kappa shape index (κ3) is 2.01. The van der Waals surface area contributed by atoms with Crippen LogP contribution >= 0.6 is 0 Å². The summed E-state index contributed by atoms with van der Waals surface area (Å²) in [5.74, 6) is -3.84. The maximum absolute atomic E-state index is 12.7. The molecule has 1 rings (SSSR count). The number of hydrogen-bond acceptors (Lipinski definition) is 1. The van der Waals surface area contributed by atoms with Gasteiger partial charge in [-0.15, -0.1) is 0 Å². The second-order valence-corrected chi connectivity index (χ2v) is 2.81. The minimum absolute atomic E-state index is 0.277. The highest BCUT2D eigenvalue weighted by atomic mass is 19.2. The zero-order valence-corrected chi connectivity index (χ0v) is 7.15. The molecule has 2 N–H and O–H groups in total. The van der Waals surface area contributed by atoms with Gasteiger partial charge in [-0.05, 0) is 24.1 Å². The Hall–Kier alpha value is -1.03. The molecular formula is C9H10F3N. The van der Waals surface area contributed by atoms with Gasteiger partial charge in [-0.2, -0.15) is 0 Å². The monoisotopic (exact) mass is 189 g/mol. The van der Waals surface area contributed by atoms with Crippen LogP contribution in [-0.4, -0.2) is 0 Å². The van der Waals surface area contributed by atoms with Crippen LogP contribution in [0, 0.1) is 17.5 Å². The SMILES string of the molecule is CCC(N)c1cc(F)c(F)c(F)c1. The Morgan fingerprint density at radius 3 is 2.08 bits per heavy atom. The van der Waals surface area contributed by atoms with Gasteiger partial charge < -0.3 is 5.73 Å². The minimum atomic E-state index is -1.45. The molecule has 0 amide bonds. The van der Waals surface area contributed by atoms with E-state index in [2.05, 4.69) is 0 Å². The highest BCUT2D eigenvalue weighted by Crippen LogP contribution is 2.19. The Morgan fingerprint density at radius 2 is 1.69 bits per heavy atom. The van der Waals surface area contributed by atoms with E-state index in [1.165, 1.54) is 0 Å². The predicted octanol–water partition coefficient (Wildman–Crippen LogP) is 2.51. The zero-order chi connectivity index (χ0) is 10.0. The number of rotatable bonds is 2. The molecule has 0 aliphatic heterocycles. The molecule has 0 bridgehead atoms. The molecule has 1 nitrogen and oxygen atoms in total. The normalized spacial score (nSPS) is 13.0. The van der Waals surface area contributed by atoms with E-state index in [4.69, 9.17) is 5.73 Å². The van der Waals surface area contributed by atoms with Gasteiger partial charge in [0.2, 0.25) is 0 Å². The lowest BCUT2D eigenvalue weighted by Crippen LogP contribution is -2.10. The first kappa shape index (κ1) is 10.1. The molecule has 0 saturated carbocycles. The molecule has 0 aromatic heterocycles. The number of benzene rings is 1. The van der Waals surface area contributed by atoms with E-state index in [1.54, 1.807) is 6.92 Å². The molecule has 0 aliphatic rings. The van der Waals surface area contributed by atoms with Gasteiger partial charge in [0.1, 0.15) is 0 Å². The molecule has 0 saturated heterocycles. The maximum atomic E-state index is 12.7. The van der Waals surface area contributed by atoms with Crippen molar-refractivity contribution in [1.29, 1.82) is 0 Å². The summed E-state index contributed by atoms with van der Waals surface area (Å²) in [5.41, 5.74) is 5.80. The third-order valence-electron chi connectivity index (χ3n) is 1.87. The van der Waals surface area contributed by atoms with E-state index >= 15 is 0 Å². The fraction of sp³-hybridized carbons (Fsp3) is 0.333. The number of halogens is 3. The Labute approximate surface area is 74.4 Å². The lowest BCUT2D eigenvalue weighted by molar-refractivity contribution is 0.443. The van der Waals surface area contributed by atoms with Gasteiger partial charge in [-0.3, -0.25) is 0 Å². The molecule has 1 aromatic carbocycles. The van der Waals surface area contributed by atoms with Crippen LogP contribution in [0.2, 0.25) is 0 Å². The second kappa shape index (κ2) is 3.79. The minimum Gasteiger partial charge on any atom is -0.324 e. The molecule has 0 radical (unpaired) electrons. The molecule has 0 aliphatic carbocycles. The van der Waals surface area contributed by atoms with E-state index in [0.29, 0.717) is 6.42 Å². The second-order valence-electron chi connectivity index (χ2n) is 2.81. The van der Waals surface area contributed by atoms with E-state index in [-0.39, 0.29) is 5.56 Å². The largest absolute Gasteiger partial charge is 0.324 e. The fourth-order valence-electron chi connectivity index (χ4n) is 1.02. The summed E-state index contributed by atoms with van der Waals surface area (Å²) in [6, 6.07) is 1.39. The molecule has 0 spiro atoms. The molecule has 13 heavy (non-hydrogen) atoms. The molecule has 1 atom stereocenters. The molecular weight excluding hydrogens is 179 g/mol. The van der Waals surface area contributed by atoms with Crippen molar-refractivity contribution in [2.24, 2.45) is 5.73 Å². The van der Waals surface area contributed by atoms with Gasteiger partial charge in [0.25, 0.3) is 0 Å². The standard InChI is InChI=1S/C9H10F3N/c1-2-8(13)5-3-6(10)9(12)7(11)4-5/h3-4,8H,2,13H2,1H3. The predicted molar refractivity (Wildman–Crippen MR) is 43.5 cm³/mol. The molecule has 0 fully saturated rings. The smallest absolute Gasteiger partial charge is 0.194 e. The summed E-state index contributed by atoms with van der Waals surface area (Å²) in [7, 11) is 0. The maximum Gasteiger partial charge on any atom is 0.194 e. The molecule has 4 heteroatoms. The van der Waals surface area contributed by atoms with Crippen LogP contribution in [0.4, 0.5) is 13.2 Å². The van der Waals surface area contributed by atoms with Crippen LogP contribution in [0.25, 0.3) is 0 Å². The summed E-state index contributed by atoms with van der Waals surface area (Å²) in [5, 5.41) is 0. The van der Waals surface area contributed by atoms with Crippen molar-refractivity contribution in [3.8, 4) is 0 Å². The Balaban J connectivity index is 3.13. The van der Waals surface area contributed by atoms with Crippen LogP contribution in [-0.2, 0) is 0 Å². The van der Waals surface area contributed by atoms with Crippen LogP contribution < -0.4 is 5.73 Å². The van der Waals surface area contributed by atoms with Gasteiger partial charge in [-0.1, -0.05) is 6.92 Å². The summed E-state index contributed by atoms with van der Waals surface area (Å²) >= 11 is 0. The molecule has 1 unspecified atom stereocenters. The first-order chi connectivity index (χ1) is 6.06. The van der Waals surface area contributed by atoms with Gasteiger partial charge >= 0.3 is 0 Å². The summed E-state index contributed by atoms with van der Waals surface area (Å²) < 4.78 is 37.8. The summed E-state index contributed by atoms with van der Waals surface area (Å²) in [6.07, 6.45) is 0.546. The van der Waals surface area contributed by atoms with E-state index < -0.39 is 23.5 Å². The quantitative estimate of drug-likeness (QED) is 0.711. The van der Waals surface area contributed by atoms with E-state index in [9.17, 15) is 13.2 Å². The number of hydrogen-bond donors (Lipinski definition) is 1. The average molecular weight is 189 g/mol. The van der Waals surface area contributed by atoms with Gasteiger partial charge in [-0.25, -0.2) is 13.2 Å². The topological polar surface area (TPSA) is 26.0 Å². The highest BCUT2D eigenvalue weighted by Gasteiger charge is 2.13. The third-order valence-corrected chi connectivity index (χ3v) is 1.87. The van der Waals surface area contributed by atoms with Crippen molar-refractivity contribution in [1.82, 2.24) is 0 Å². The van der Waals surface area contributed by atoms with Crippen molar-refractivity contribution in [2.45, 2.75) is 19.4 Å². The van der Waals surface area contributed by atoms with Crippen molar-refractivity contribution in [3.63, 3.8) is 0 Å². The summed E-state index contributed by atoms with van der Waals surface area (Å²) in [4.78, 5) is 0. The highest BCUT2D eigenvalue weighted by molar-refractivity contribution is 5.22. The lowest BCUT2D eigenvalue weighted by atomic mass is 10.1. The molecule has 72 valence electrons. The Bertz CT molecular complexity index is 289. The van der Waals surface area contributed by atoms with Crippen LogP contribution in [0.3, 0.4) is 0 Å². The Kier molecular flexibility index (Phi) is 2.93. The van der Waals surface area contributed by atoms with Crippen molar-refractivity contribution < 1.29 is 13.2 Å². The van der Waals surface area contributed by atoms with E-state index in [0.717, 1.165) is 12.1 Å². The van der Waals surface area contributed by atoms with Crippen molar-refractivity contribution >= 4 is 0 Å². The summed E-state index contributed by atoms with van der Waals surface area (Å²) in [6.45, 7) is 1.78. The average Bonchev–Trinajstić information content (AvgIpc) is 2.12. The lowest BCUT2D eigenvalue weighted by Gasteiger charge is -2.09. The fourth-order valence-corrected chi connectivity index (χ4v) is 1.02. The van der Waals surface area contributed by atoms with Crippen LogP contribution in [0.15, 0.2) is 12.1 Å². The van der Waals surface area contributed by atoms with E-state index in [1.807, 2.05) is 0 Å². The molecule has 1 aromatic rings. The van der Waals surface area contributed by atoms with Crippen molar-refractivity contribution in [2.75, 3.05) is 0 Å². The number of nitrogens with two attached hydrogens (primary N) is 1. The Morgan fingerprint density at radius 1 is 1.23 bits per heavy atom. The molecule has 0 heterocycles. The van der Waals surface area contributed by atoms with Gasteiger partial charge in [0.05, 0.1) is 0 Å². The van der Waals surface area contributed by atoms with Gasteiger partial charge in [0.15, 0.2) is 17.5 Å². The van der Waals surface area contributed by atoms with Crippen LogP contribution in [0.1, 0.15) is 24.9 Å². The first-order valence-electron chi connectivity index (χ1n) is 3.96. The first-order valence-corrected chi connectivity index (χ1v) is 3.96. The zero-order valence-electron chi connectivity index (χ0n) is 7.15. The van der Waals surface area contributed by atoms with Crippen LogP contribution in [0.5, 0.6) is 0 Å².